The van der Waals surface area contributed by atoms with Gasteiger partial charge in [-0.05, 0) is 78.6 Å². The van der Waals surface area contributed by atoms with Gasteiger partial charge in [-0.3, -0.25) is 19.3 Å². The van der Waals surface area contributed by atoms with Gasteiger partial charge in [0.2, 0.25) is 0 Å². The number of esters is 1. The van der Waals surface area contributed by atoms with Crippen LogP contribution in [0.15, 0.2) is 66.2 Å². The Morgan fingerprint density at radius 2 is 1.75 bits per heavy atom. The molecule has 0 aliphatic carbocycles. The molecule has 0 spiro atoms. The molecule has 2 aliphatic heterocycles. The van der Waals surface area contributed by atoms with Crippen LogP contribution >= 0.6 is 0 Å². The van der Waals surface area contributed by atoms with E-state index in [9.17, 15) is 19.5 Å². The third kappa shape index (κ3) is 4.02. The second kappa shape index (κ2) is 9.00. The highest BCUT2D eigenvalue weighted by atomic mass is 16.5. The number of anilines is 1. The molecule has 1 atom stereocenters. The first kappa shape index (κ1) is 23.4. The summed E-state index contributed by atoms with van der Waals surface area (Å²) in [5.41, 5.74) is 4.54. The van der Waals surface area contributed by atoms with E-state index >= 15 is 0 Å². The summed E-state index contributed by atoms with van der Waals surface area (Å²) in [5.74, 6) is -1.10. The zero-order valence-corrected chi connectivity index (χ0v) is 20.2. The number of rotatable bonds is 4. The van der Waals surface area contributed by atoms with Gasteiger partial charge in [-0.1, -0.05) is 18.2 Å². The molecule has 0 saturated carbocycles. The molecule has 7 nitrogen and oxygen atoms in total. The number of ether oxygens (including phenoxy) is 2. The number of amides is 1. The average Bonchev–Trinajstić information content (AvgIpc) is 3.43. The summed E-state index contributed by atoms with van der Waals surface area (Å²) < 4.78 is 10.7. The summed E-state index contributed by atoms with van der Waals surface area (Å²) in [6.45, 7) is 5.77. The largest absolute Gasteiger partial charge is 0.507 e. The maximum Gasteiger partial charge on any atom is 0.308 e. The fourth-order valence-corrected chi connectivity index (χ4v) is 4.66. The number of hydrogen-bond donors (Lipinski definition) is 1. The summed E-state index contributed by atoms with van der Waals surface area (Å²) in [6.07, 6.45) is 0.703. The van der Waals surface area contributed by atoms with Crippen molar-refractivity contribution in [1.29, 1.82) is 0 Å². The van der Waals surface area contributed by atoms with Crippen LogP contribution in [0.25, 0.3) is 5.76 Å². The van der Waals surface area contributed by atoms with Crippen molar-refractivity contribution in [3.8, 4) is 11.5 Å². The topological polar surface area (TPSA) is 93.1 Å². The number of fused-ring (bicyclic) bond motifs is 1. The van der Waals surface area contributed by atoms with E-state index in [2.05, 4.69) is 0 Å². The number of carbonyl (C=O) groups is 3. The van der Waals surface area contributed by atoms with Crippen LogP contribution in [0.2, 0.25) is 0 Å². The van der Waals surface area contributed by atoms with E-state index in [0.29, 0.717) is 35.6 Å². The molecular formula is C29H25NO6. The molecule has 5 rings (SSSR count). The molecular weight excluding hydrogens is 458 g/mol. The van der Waals surface area contributed by atoms with Gasteiger partial charge in [-0.25, -0.2) is 0 Å². The van der Waals surface area contributed by atoms with Gasteiger partial charge in [0.15, 0.2) is 0 Å². The lowest BCUT2D eigenvalue weighted by Gasteiger charge is -2.26. The predicted molar refractivity (Wildman–Crippen MR) is 134 cm³/mol. The Hall–Kier alpha value is -4.39. The molecule has 3 aromatic rings. The first-order valence-electron chi connectivity index (χ1n) is 11.7. The Morgan fingerprint density at radius 1 is 1.00 bits per heavy atom. The third-order valence-electron chi connectivity index (χ3n) is 6.63. The van der Waals surface area contributed by atoms with Crippen molar-refractivity contribution in [2.75, 3.05) is 11.5 Å². The highest BCUT2D eigenvalue weighted by Crippen LogP contribution is 2.43. The zero-order valence-electron chi connectivity index (χ0n) is 20.2. The lowest BCUT2D eigenvalue weighted by Crippen LogP contribution is -2.29. The van der Waals surface area contributed by atoms with Gasteiger partial charge in [-0.15, -0.1) is 0 Å². The van der Waals surface area contributed by atoms with Crippen molar-refractivity contribution >= 4 is 29.1 Å². The number of aliphatic hydroxyl groups excluding tert-OH is 1. The summed E-state index contributed by atoms with van der Waals surface area (Å²) in [6, 6.07) is 16.5. The summed E-state index contributed by atoms with van der Waals surface area (Å²) in [4.78, 5) is 39.5. The van der Waals surface area contributed by atoms with Crippen molar-refractivity contribution in [2.45, 2.75) is 33.2 Å². The maximum atomic E-state index is 13.4. The lowest BCUT2D eigenvalue weighted by atomic mass is 9.94. The number of aliphatic hydroxyl groups is 1. The molecule has 1 saturated heterocycles. The zero-order chi connectivity index (χ0) is 25.6. The number of ketones is 1. The van der Waals surface area contributed by atoms with Crippen LogP contribution in [0.5, 0.6) is 11.5 Å². The van der Waals surface area contributed by atoms with Gasteiger partial charge in [-0.2, -0.15) is 0 Å². The van der Waals surface area contributed by atoms with Crippen LogP contribution in [0.4, 0.5) is 5.69 Å². The van der Waals surface area contributed by atoms with E-state index < -0.39 is 23.7 Å². The Kier molecular flexibility index (Phi) is 5.84. The van der Waals surface area contributed by atoms with Crippen molar-refractivity contribution < 1.29 is 29.0 Å². The van der Waals surface area contributed by atoms with Crippen LogP contribution in [-0.2, 0) is 20.8 Å². The first-order chi connectivity index (χ1) is 17.2. The molecule has 0 bridgehead atoms. The van der Waals surface area contributed by atoms with Gasteiger partial charge in [0, 0.05) is 24.6 Å². The van der Waals surface area contributed by atoms with E-state index in [1.807, 2.05) is 26.0 Å². The maximum absolute atomic E-state index is 13.4. The normalized spacial score (nSPS) is 18.2. The van der Waals surface area contributed by atoms with Gasteiger partial charge in [0.1, 0.15) is 17.3 Å². The van der Waals surface area contributed by atoms with E-state index in [1.54, 1.807) is 48.5 Å². The molecule has 2 aliphatic rings. The monoisotopic (exact) mass is 483 g/mol. The fraction of sp³-hybridized carbons (Fsp3) is 0.207. The smallest absolute Gasteiger partial charge is 0.308 e. The number of carbonyl (C=O) groups excluding carboxylic acids is 3. The van der Waals surface area contributed by atoms with Crippen LogP contribution in [0, 0.1) is 13.8 Å². The molecule has 1 fully saturated rings. The standard InChI is InChI=1S/C29H25NO6/c1-16-4-8-22(14-17(16)2)30-26(19-5-9-23(10-6-19)36-18(3)31)25(28(33)29(30)34)27(32)21-7-11-24-20(15-21)12-13-35-24/h4-11,14-15,26,32H,12-13H2,1-3H3/b27-25-. The summed E-state index contributed by atoms with van der Waals surface area (Å²) >= 11 is 0. The van der Waals surface area contributed by atoms with E-state index in [-0.39, 0.29) is 11.3 Å². The minimum atomic E-state index is -0.872. The second-order valence-corrected chi connectivity index (χ2v) is 9.02. The first-order valence-corrected chi connectivity index (χ1v) is 11.7. The number of hydrogen-bond acceptors (Lipinski definition) is 6. The second-order valence-electron chi connectivity index (χ2n) is 9.02. The van der Waals surface area contributed by atoms with Gasteiger partial charge in [0.25, 0.3) is 11.7 Å². The Balaban J connectivity index is 1.67. The Bertz CT molecular complexity index is 1440. The molecule has 36 heavy (non-hydrogen) atoms. The highest BCUT2D eigenvalue weighted by Gasteiger charge is 2.47. The number of aryl methyl sites for hydroxylation is 2. The lowest BCUT2D eigenvalue weighted by molar-refractivity contribution is -0.132. The Morgan fingerprint density at radius 3 is 2.44 bits per heavy atom. The van der Waals surface area contributed by atoms with E-state index in [1.165, 1.54) is 11.8 Å². The molecule has 0 radical (unpaired) electrons. The molecule has 1 unspecified atom stereocenters. The van der Waals surface area contributed by atoms with Crippen molar-refractivity contribution in [3.05, 3.63) is 94.1 Å². The van der Waals surface area contributed by atoms with Gasteiger partial charge < -0.3 is 14.6 Å². The predicted octanol–water partition coefficient (Wildman–Crippen LogP) is 4.79. The molecule has 182 valence electrons. The number of nitrogens with zero attached hydrogens (tertiary/aromatic N) is 1. The van der Waals surface area contributed by atoms with Crippen molar-refractivity contribution in [1.82, 2.24) is 0 Å². The molecule has 7 heteroatoms. The van der Waals surface area contributed by atoms with Crippen LogP contribution in [0.3, 0.4) is 0 Å². The van der Waals surface area contributed by atoms with Crippen molar-refractivity contribution in [3.63, 3.8) is 0 Å². The van der Waals surface area contributed by atoms with Gasteiger partial charge >= 0.3 is 5.97 Å². The summed E-state index contributed by atoms with van der Waals surface area (Å²) in [5, 5.41) is 11.4. The third-order valence-corrected chi connectivity index (χ3v) is 6.63. The van der Waals surface area contributed by atoms with E-state index in [0.717, 1.165) is 22.4 Å². The highest BCUT2D eigenvalue weighted by molar-refractivity contribution is 6.51. The molecule has 3 aromatic carbocycles. The van der Waals surface area contributed by atoms with Crippen LogP contribution < -0.4 is 14.4 Å². The minimum Gasteiger partial charge on any atom is -0.507 e. The molecule has 0 aromatic heterocycles. The van der Waals surface area contributed by atoms with Crippen molar-refractivity contribution in [2.24, 2.45) is 0 Å². The average molecular weight is 484 g/mol. The molecule has 1 amide bonds. The van der Waals surface area contributed by atoms with Gasteiger partial charge in [0.05, 0.1) is 18.2 Å². The summed E-state index contributed by atoms with van der Waals surface area (Å²) in [7, 11) is 0. The molecule has 1 N–H and O–H groups in total. The molecule has 2 heterocycles. The number of Topliss-reactive ketones (excluding diaryl/α,β-unsaturated/α-hetero) is 1. The fourth-order valence-electron chi connectivity index (χ4n) is 4.66. The quantitative estimate of drug-likeness (QED) is 0.189. The van der Waals surface area contributed by atoms with E-state index in [4.69, 9.17) is 9.47 Å². The Labute approximate surface area is 208 Å². The number of benzene rings is 3. The van der Waals surface area contributed by atoms with Crippen LogP contribution in [0.1, 0.15) is 40.8 Å². The minimum absolute atomic E-state index is 0.00247. The SMILES string of the molecule is CC(=O)Oc1ccc(C2/C(=C(/O)c3ccc4c(c3)CCO4)C(=O)C(=O)N2c2ccc(C)c(C)c2)cc1. The van der Waals surface area contributed by atoms with Crippen LogP contribution in [-0.4, -0.2) is 29.4 Å².